The lowest BCUT2D eigenvalue weighted by Crippen LogP contribution is -2.14. The molecular formula is C15H16ClN5O2S. The van der Waals surface area contributed by atoms with Crippen molar-refractivity contribution >= 4 is 44.0 Å². The molecule has 0 amide bonds. The number of fused-ring (bicyclic) bond motifs is 1. The monoisotopic (exact) mass is 365 g/mol. The van der Waals surface area contributed by atoms with Gasteiger partial charge in [0, 0.05) is 26.8 Å². The molecule has 126 valence electrons. The normalized spacial score (nSPS) is 11.7. The molecule has 0 atom stereocenters. The van der Waals surface area contributed by atoms with Gasteiger partial charge in [-0.3, -0.25) is 4.72 Å². The zero-order chi connectivity index (χ0) is 17.5. The Bertz CT molecular complexity index is 1010. The van der Waals surface area contributed by atoms with Crippen LogP contribution in [0.3, 0.4) is 0 Å². The first-order chi connectivity index (χ1) is 11.3. The summed E-state index contributed by atoms with van der Waals surface area (Å²) in [5.74, 6) is 0. The van der Waals surface area contributed by atoms with Crippen molar-refractivity contribution < 1.29 is 8.42 Å². The lowest BCUT2D eigenvalue weighted by molar-refractivity contribution is 0.601. The quantitative estimate of drug-likeness (QED) is 0.768. The molecule has 9 heteroatoms. The standard InChI is InChI=1S/C15H16ClN5O2S/c1-20(2)10-7-8-12(11(16)9-10)19-24(22,23)14-6-4-5-13-15(14)18-21(3)17-13/h4-9,19H,1-3H3. The van der Waals surface area contributed by atoms with E-state index in [2.05, 4.69) is 14.9 Å². The molecule has 0 saturated heterocycles. The molecule has 0 saturated carbocycles. The highest BCUT2D eigenvalue weighted by atomic mass is 35.5. The van der Waals surface area contributed by atoms with E-state index < -0.39 is 10.0 Å². The molecule has 0 radical (unpaired) electrons. The number of hydrogen-bond donors (Lipinski definition) is 1. The molecule has 0 unspecified atom stereocenters. The van der Waals surface area contributed by atoms with Crippen molar-refractivity contribution in [1.82, 2.24) is 15.0 Å². The van der Waals surface area contributed by atoms with E-state index in [1.807, 2.05) is 19.0 Å². The van der Waals surface area contributed by atoms with Crippen LogP contribution in [0.15, 0.2) is 41.3 Å². The summed E-state index contributed by atoms with van der Waals surface area (Å²) in [6.07, 6.45) is 0. The van der Waals surface area contributed by atoms with Crippen LogP contribution < -0.4 is 9.62 Å². The first-order valence-corrected chi connectivity index (χ1v) is 8.94. The summed E-state index contributed by atoms with van der Waals surface area (Å²) in [7, 11) is 1.55. The smallest absolute Gasteiger partial charge is 0.264 e. The van der Waals surface area contributed by atoms with Crippen molar-refractivity contribution in [2.75, 3.05) is 23.7 Å². The molecule has 0 spiro atoms. The molecule has 7 nitrogen and oxygen atoms in total. The van der Waals surface area contributed by atoms with Crippen molar-refractivity contribution in [2.45, 2.75) is 4.90 Å². The zero-order valence-electron chi connectivity index (χ0n) is 13.4. The number of sulfonamides is 1. The number of nitrogens with one attached hydrogen (secondary N) is 1. The Morgan fingerprint density at radius 2 is 1.92 bits per heavy atom. The molecule has 0 aliphatic heterocycles. The van der Waals surface area contributed by atoms with Crippen LogP contribution in [0.1, 0.15) is 0 Å². The minimum Gasteiger partial charge on any atom is -0.378 e. The van der Waals surface area contributed by atoms with E-state index >= 15 is 0 Å². The summed E-state index contributed by atoms with van der Waals surface area (Å²) in [5, 5.41) is 8.57. The number of rotatable bonds is 4. The van der Waals surface area contributed by atoms with Crippen LogP contribution in [0, 0.1) is 0 Å². The fourth-order valence-electron chi connectivity index (χ4n) is 2.30. The number of benzene rings is 2. The second-order valence-corrected chi connectivity index (χ2v) is 7.54. The Morgan fingerprint density at radius 3 is 2.58 bits per heavy atom. The van der Waals surface area contributed by atoms with Gasteiger partial charge in [-0.15, -0.1) is 0 Å². The third-order valence-corrected chi connectivity index (χ3v) is 5.19. The van der Waals surface area contributed by atoms with Gasteiger partial charge in [-0.25, -0.2) is 8.42 Å². The minimum absolute atomic E-state index is 0.0563. The van der Waals surface area contributed by atoms with Gasteiger partial charge in [0.1, 0.15) is 15.9 Å². The maximum atomic E-state index is 12.7. The molecule has 2 aromatic carbocycles. The molecular weight excluding hydrogens is 350 g/mol. The van der Waals surface area contributed by atoms with Crippen molar-refractivity contribution in [2.24, 2.45) is 7.05 Å². The minimum atomic E-state index is -3.85. The highest BCUT2D eigenvalue weighted by Crippen LogP contribution is 2.29. The largest absolute Gasteiger partial charge is 0.378 e. The topological polar surface area (TPSA) is 80.1 Å². The Labute approximate surface area is 144 Å². The summed E-state index contributed by atoms with van der Waals surface area (Å²) in [6, 6.07) is 9.94. The van der Waals surface area contributed by atoms with Gasteiger partial charge in [-0.1, -0.05) is 17.7 Å². The summed E-state index contributed by atoms with van der Waals surface area (Å²) in [5.41, 5.74) is 2.00. The van der Waals surface area contributed by atoms with Crippen molar-refractivity contribution in [1.29, 1.82) is 0 Å². The van der Waals surface area contributed by atoms with Crippen molar-refractivity contribution in [3.8, 4) is 0 Å². The van der Waals surface area contributed by atoms with Gasteiger partial charge in [0.2, 0.25) is 0 Å². The average molecular weight is 366 g/mol. The zero-order valence-corrected chi connectivity index (χ0v) is 14.9. The van der Waals surface area contributed by atoms with Crippen LogP contribution in [-0.2, 0) is 17.1 Å². The molecule has 1 heterocycles. The Hall–Kier alpha value is -2.32. The van der Waals surface area contributed by atoms with Gasteiger partial charge >= 0.3 is 0 Å². The summed E-state index contributed by atoms with van der Waals surface area (Å²) in [6.45, 7) is 0. The van der Waals surface area contributed by atoms with E-state index in [9.17, 15) is 8.42 Å². The summed E-state index contributed by atoms with van der Waals surface area (Å²) < 4.78 is 28.0. The molecule has 3 aromatic rings. The molecule has 1 N–H and O–H groups in total. The van der Waals surface area contributed by atoms with E-state index in [-0.39, 0.29) is 4.90 Å². The number of halogens is 1. The van der Waals surface area contributed by atoms with E-state index in [1.54, 1.807) is 37.4 Å². The molecule has 0 aliphatic carbocycles. The first-order valence-electron chi connectivity index (χ1n) is 7.08. The fraction of sp³-hybridized carbons (Fsp3) is 0.200. The SMILES string of the molecule is CN(C)c1ccc(NS(=O)(=O)c2cccc3nn(C)nc23)c(Cl)c1. The third-order valence-electron chi connectivity index (χ3n) is 3.48. The maximum Gasteiger partial charge on any atom is 0.264 e. The van der Waals surface area contributed by atoms with E-state index in [0.717, 1.165) is 5.69 Å². The van der Waals surface area contributed by atoms with Gasteiger partial charge < -0.3 is 4.90 Å². The van der Waals surface area contributed by atoms with E-state index in [0.29, 0.717) is 21.7 Å². The van der Waals surface area contributed by atoms with Crippen LogP contribution >= 0.6 is 11.6 Å². The summed E-state index contributed by atoms with van der Waals surface area (Å²) >= 11 is 6.20. The van der Waals surface area contributed by atoms with Gasteiger partial charge in [0.15, 0.2) is 0 Å². The number of nitrogens with zero attached hydrogens (tertiary/aromatic N) is 4. The number of anilines is 2. The number of hydrogen-bond acceptors (Lipinski definition) is 5. The predicted molar refractivity (Wildman–Crippen MR) is 95.1 cm³/mol. The average Bonchev–Trinajstić information content (AvgIpc) is 2.88. The van der Waals surface area contributed by atoms with Crippen LogP contribution in [0.4, 0.5) is 11.4 Å². The fourth-order valence-corrected chi connectivity index (χ4v) is 3.81. The summed E-state index contributed by atoms with van der Waals surface area (Å²) in [4.78, 5) is 3.27. The molecule has 3 rings (SSSR count). The second-order valence-electron chi connectivity index (χ2n) is 5.48. The van der Waals surface area contributed by atoms with Gasteiger partial charge in [-0.2, -0.15) is 15.0 Å². The Balaban J connectivity index is 2.02. The van der Waals surface area contributed by atoms with Crippen LogP contribution in [0.5, 0.6) is 0 Å². The van der Waals surface area contributed by atoms with Crippen LogP contribution in [0.25, 0.3) is 11.0 Å². The van der Waals surface area contributed by atoms with E-state index in [1.165, 1.54) is 10.9 Å². The van der Waals surface area contributed by atoms with Gasteiger partial charge in [0.05, 0.1) is 10.7 Å². The first kappa shape index (κ1) is 16.5. The molecule has 0 fully saturated rings. The van der Waals surface area contributed by atoms with Crippen LogP contribution in [0.2, 0.25) is 5.02 Å². The number of aromatic nitrogens is 3. The van der Waals surface area contributed by atoms with Crippen LogP contribution in [-0.4, -0.2) is 37.5 Å². The maximum absolute atomic E-state index is 12.7. The number of aryl methyl sites for hydroxylation is 1. The molecule has 1 aromatic heterocycles. The second kappa shape index (κ2) is 5.95. The van der Waals surface area contributed by atoms with Crippen molar-refractivity contribution in [3.05, 3.63) is 41.4 Å². The Morgan fingerprint density at radius 1 is 1.17 bits per heavy atom. The molecule has 0 aliphatic rings. The van der Waals surface area contributed by atoms with E-state index in [4.69, 9.17) is 11.6 Å². The highest BCUT2D eigenvalue weighted by molar-refractivity contribution is 7.93. The highest BCUT2D eigenvalue weighted by Gasteiger charge is 2.21. The predicted octanol–water partition coefficient (Wildman–Crippen LogP) is 2.49. The lowest BCUT2D eigenvalue weighted by Gasteiger charge is -2.15. The lowest BCUT2D eigenvalue weighted by atomic mass is 10.3. The molecule has 24 heavy (non-hydrogen) atoms. The Kier molecular flexibility index (Phi) is 4.10. The van der Waals surface area contributed by atoms with Crippen molar-refractivity contribution in [3.63, 3.8) is 0 Å². The third kappa shape index (κ3) is 3.02. The van der Waals surface area contributed by atoms with Gasteiger partial charge in [-0.05, 0) is 30.3 Å². The van der Waals surface area contributed by atoms with Gasteiger partial charge in [0.25, 0.3) is 10.0 Å². The molecule has 0 bridgehead atoms.